The van der Waals surface area contributed by atoms with E-state index in [1.54, 1.807) is 13.3 Å². The van der Waals surface area contributed by atoms with Crippen molar-refractivity contribution in [2.24, 2.45) is 5.41 Å². The largest absolute Gasteiger partial charge is 0.494 e. The number of nitrogens with one attached hydrogen (secondary N) is 3. The molecule has 2 aliphatic rings. The van der Waals surface area contributed by atoms with Crippen LogP contribution >= 0.6 is 11.6 Å². The Bertz CT molecular complexity index is 1300. The zero-order valence-corrected chi connectivity index (χ0v) is 24.2. The summed E-state index contributed by atoms with van der Waals surface area (Å²) in [6.45, 7) is 6.43. The molecule has 0 unspecified atom stereocenters. The molecule has 38 heavy (non-hydrogen) atoms. The standard InChI is InChI=1S/C26H37ClN6O4S/c1-6-33(21-12-11-18-16(22(21)37-4)13-14-26(2,3)24(34)30-18)25-28-15-17(27)23(31-25)29-19-9-7-8-10-20(19)32-38(5,35)36/h11-12,15,19-20,32H,6-10,13-14H2,1-5H3,(H,30,34)(H,28,29,31)/t19-,20-/m1/s1. The number of hydrogen-bond donors (Lipinski definition) is 3. The van der Waals surface area contributed by atoms with Gasteiger partial charge in [-0.05, 0) is 44.7 Å². The Labute approximate surface area is 230 Å². The summed E-state index contributed by atoms with van der Waals surface area (Å²) in [6.07, 6.45) is 7.56. The van der Waals surface area contributed by atoms with Gasteiger partial charge in [0.25, 0.3) is 0 Å². The Balaban J connectivity index is 1.67. The number of halogens is 1. The van der Waals surface area contributed by atoms with Gasteiger partial charge in [0, 0.05) is 35.3 Å². The van der Waals surface area contributed by atoms with Crippen LogP contribution in [0.1, 0.15) is 58.4 Å². The Morgan fingerprint density at radius 1 is 1.24 bits per heavy atom. The fraction of sp³-hybridized carbons (Fsp3) is 0.577. The molecule has 1 aliphatic carbocycles. The summed E-state index contributed by atoms with van der Waals surface area (Å²) >= 11 is 6.49. The highest BCUT2D eigenvalue weighted by molar-refractivity contribution is 7.88. The van der Waals surface area contributed by atoms with Crippen molar-refractivity contribution in [3.05, 3.63) is 28.9 Å². The van der Waals surface area contributed by atoms with Crippen molar-refractivity contribution in [2.45, 2.75) is 71.4 Å². The van der Waals surface area contributed by atoms with Crippen LogP contribution in [0.3, 0.4) is 0 Å². The zero-order chi connectivity index (χ0) is 27.7. The third-order valence-corrected chi connectivity index (χ3v) is 8.35. The van der Waals surface area contributed by atoms with Crippen LogP contribution in [0, 0.1) is 5.41 Å². The van der Waals surface area contributed by atoms with E-state index in [2.05, 4.69) is 20.3 Å². The summed E-state index contributed by atoms with van der Waals surface area (Å²) in [7, 11) is -1.73. The van der Waals surface area contributed by atoms with E-state index in [4.69, 9.17) is 21.3 Å². The number of benzene rings is 1. The first kappa shape index (κ1) is 28.4. The van der Waals surface area contributed by atoms with Crippen LogP contribution in [0.4, 0.5) is 23.1 Å². The zero-order valence-electron chi connectivity index (χ0n) is 22.6. The summed E-state index contributed by atoms with van der Waals surface area (Å²) in [6, 6.07) is 3.40. The molecular weight excluding hydrogens is 528 g/mol. The first-order chi connectivity index (χ1) is 17.9. The molecule has 3 N–H and O–H groups in total. The second-order valence-corrected chi connectivity index (χ2v) is 12.8. The number of hydrogen-bond acceptors (Lipinski definition) is 8. The summed E-state index contributed by atoms with van der Waals surface area (Å²) in [5.74, 6) is 1.53. The first-order valence-corrected chi connectivity index (χ1v) is 15.3. The van der Waals surface area contributed by atoms with Gasteiger partial charge in [0.2, 0.25) is 21.9 Å². The Hall–Kier alpha value is -2.63. The second-order valence-electron chi connectivity index (χ2n) is 10.6. The Kier molecular flexibility index (Phi) is 8.39. The molecule has 1 aromatic carbocycles. The highest BCUT2D eigenvalue weighted by Crippen LogP contribution is 2.43. The van der Waals surface area contributed by atoms with Crippen molar-refractivity contribution in [2.75, 3.05) is 35.4 Å². The van der Waals surface area contributed by atoms with Gasteiger partial charge >= 0.3 is 0 Å². The molecule has 1 aliphatic heterocycles. The van der Waals surface area contributed by atoms with Gasteiger partial charge < -0.3 is 20.3 Å². The van der Waals surface area contributed by atoms with Crippen LogP contribution in [0.25, 0.3) is 0 Å². The topological polar surface area (TPSA) is 126 Å². The molecule has 0 bridgehead atoms. The minimum absolute atomic E-state index is 0.0125. The van der Waals surface area contributed by atoms with E-state index in [1.807, 2.05) is 37.8 Å². The Morgan fingerprint density at radius 2 is 1.95 bits per heavy atom. The summed E-state index contributed by atoms with van der Waals surface area (Å²) in [5, 5.41) is 6.78. The second kappa shape index (κ2) is 11.2. The molecule has 0 saturated heterocycles. The van der Waals surface area contributed by atoms with Gasteiger partial charge in [-0.1, -0.05) is 38.3 Å². The van der Waals surface area contributed by atoms with Crippen molar-refractivity contribution in [1.29, 1.82) is 0 Å². The number of carbonyl (C=O) groups excluding carboxylic acids is 1. The fourth-order valence-electron chi connectivity index (χ4n) is 5.17. The summed E-state index contributed by atoms with van der Waals surface area (Å²) in [5.41, 5.74) is 1.98. The van der Waals surface area contributed by atoms with E-state index in [9.17, 15) is 13.2 Å². The van der Waals surface area contributed by atoms with Gasteiger partial charge in [0.05, 0.1) is 25.2 Å². The van der Waals surface area contributed by atoms with Gasteiger partial charge in [-0.3, -0.25) is 4.79 Å². The van der Waals surface area contributed by atoms with Crippen molar-refractivity contribution < 1.29 is 17.9 Å². The van der Waals surface area contributed by atoms with Crippen LogP contribution in [0.5, 0.6) is 5.75 Å². The van der Waals surface area contributed by atoms with Crippen LogP contribution in [0.15, 0.2) is 18.3 Å². The average molecular weight is 565 g/mol. The van der Waals surface area contributed by atoms with E-state index >= 15 is 0 Å². The minimum atomic E-state index is -3.35. The summed E-state index contributed by atoms with van der Waals surface area (Å²) < 4.78 is 32.5. The average Bonchev–Trinajstić information content (AvgIpc) is 2.97. The fourth-order valence-corrected chi connectivity index (χ4v) is 6.15. The molecule has 0 radical (unpaired) electrons. The third kappa shape index (κ3) is 6.16. The molecular formula is C26H37ClN6O4S. The number of amides is 1. The van der Waals surface area contributed by atoms with Crippen LogP contribution in [0.2, 0.25) is 5.02 Å². The van der Waals surface area contributed by atoms with E-state index < -0.39 is 15.4 Å². The molecule has 2 heterocycles. The van der Waals surface area contributed by atoms with Crippen LogP contribution < -0.4 is 25.0 Å². The number of ether oxygens (including phenoxy) is 1. The van der Waals surface area contributed by atoms with Crippen molar-refractivity contribution >= 4 is 50.7 Å². The molecule has 12 heteroatoms. The highest BCUT2D eigenvalue weighted by atomic mass is 35.5. The molecule has 10 nitrogen and oxygen atoms in total. The molecule has 2 atom stereocenters. The van der Waals surface area contributed by atoms with Gasteiger partial charge in [0.1, 0.15) is 10.8 Å². The number of carbonyl (C=O) groups is 1. The number of methoxy groups -OCH3 is 1. The van der Waals surface area contributed by atoms with E-state index in [0.29, 0.717) is 41.9 Å². The van der Waals surface area contributed by atoms with Gasteiger partial charge in [0.15, 0.2) is 5.82 Å². The number of sulfonamides is 1. The molecule has 1 saturated carbocycles. The van der Waals surface area contributed by atoms with Gasteiger partial charge in [-0.15, -0.1) is 0 Å². The monoisotopic (exact) mass is 564 g/mol. The normalized spacial score (nSPS) is 21.2. The van der Waals surface area contributed by atoms with Crippen molar-refractivity contribution in [3.8, 4) is 5.75 Å². The predicted molar refractivity (Wildman–Crippen MR) is 151 cm³/mol. The van der Waals surface area contributed by atoms with E-state index in [-0.39, 0.29) is 18.0 Å². The lowest BCUT2D eigenvalue weighted by Gasteiger charge is -2.33. The Morgan fingerprint density at radius 3 is 2.61 bits per heavy atom. The van der Waals surface area contributed by atoms with Crippen LogP contribution in [-0.2, 0) is 21.2 Å². The maximum Gasteiger partial charge on any atom is 0.232 e. The number of rotatable bonds is 8. The smallest absolute Gasteiger partial charge is 0.232 e. The van der Waals surface area contributed by atoms with Gasteiger partial charge in [-0.2, -0.15) is 4.98 Å². The maximum atomic E-state index is 12.7. The number of fused-ring (bicyclic) bond motifs is 1. The lowest BCUT2D eigenvalue weighted by Crippen LogP contribution is -2.48. The number of anilines is 4. The quantitative estimate of drug-likeness (QED) is 0.428. The summed E-state index contributed by atoms with van der Waals surface area (Å²) in [4.78, 5) is 23.9. The van der Waals surface area contributed by atoms with Crippen molar-refractivity contribution in [3.63, 3.8) is 0 Å². The number of nitrogens with zero attached hydrogens (tertiary/aromatic N) is 3. The molecule has 1 fully saturated rings. The minimum Gasteiger partial charge on any atom is -0.494 e. The molecule has 2 aromatic rings. The molecule has 4 rings (SSSR count). The molecule has 0 spiro atoms. The molecule has 208 valence electrons. The van der Waals surface area contributed by atoms with Gasteiger partial charge in [-0.25, -0.2) is 18.1 Å². The van der Waals surface area contributed by atoms with E-state index in [0.717, 1.165) is 42.6 Å². The van der Waals surface area contributed by atoms with Crippen LogP contribution in [-0.4, -0.2) is 56.3 Å². The SMILES string of the molecule is CCN(c1ncc(Cl)c(N[C@@H]2CCCC[C@H]2NS(C)(=O)=O)n1)c1ccc2c(c1OC)CCC(C)(C)C(=O)N2. The lowest BCUT2D eigenvalue weighted by atomic mass is 9.86. The van der Waals surface area contributed by atoms with E-state index in [1.165, 1.54) is 6.26 Å². The number of aromatic nitrogens is 2. The third-order valence-electron chi connectivity index (χ3n) is 7.34. The van der Waals surface area contributed by atoms with Crippen molar-refractivity contribution in [1.82, 2.24) is 14.7 Å². The lowest BCUT2D eigenvalue weighted by molar-refractivity contribution is -0.124. The first-order valence-electron chi connectivity index (χ1n) is 13.0. The molecule has 1 aromatic heterocycles. The molecule has 1 amide bonds. The maximum absolute atomic E-state index is 12.7. The highest BCUT2D eigenvalue weighted by Gasteiger charge is 2.33. The predicted octanol–water partition coefficient (Wildman–Crippen LogP) is 4.48.